The molecule has 1 unspecified atom stereocenters. The van der Waals surface area contributed by atoms with E-state index in [2.05, 4.69) is 10.6 Å². The van der Waals surface area contributed by atoms with Gasteiger partial charge in [0.2, 0.25) is 11.8 Å². The van der Waals surface area contributed by atoms with Gasteiger partial charge in [0.1, 0.15) is 12.6 Å². The molecule has 0 aliphatic carbocycles. The molecule has 3 rings (SSSR count). The van der Waals surface area contributed by atoms with Crippen LogP contribution < -0.4 is 10.6 Å². The molecule has 4 nitrogen and oxygen atoms in total. The number of carbonyl (C=O) groups is 2. The number of piperazine rings is 1. The van der Waals surface area contributed by atoms with E-state index in [-0.39, 0.29) is 11.8 Å². The summed E-state index contributed by atoms with van der Waals surface area (Å²) >= 11 is 0. The van der Waals surface area contributed by atoms with Gasteiger partial charge >= 0.3 is 0 Å². The molecule has 1 atom stereocenters. The molecule has 19 heavy (non-hydrogen) atoms. The van der Waals surface area contributed by atoms with E-state index in [4.69, 9.17) is 0 Å². The van der Waals surface area contributed by atoms with Gasteiger partial charge in [-0.2, -0.15) is 0 Å². The van der Waals surface area contributed by atoms with Gasteiger partial charge in [-0.3, -0.25) is 9.59 Å². The van der Waals surface area contributed by atoms with Gasteiger partial charge in [-0.25, -0.2) is 0 Å². The highest BCUT2D eigenvalue weighted by molar-refractivity contribution is 5.98. The average molecular weight is 253 g/mol. The Morgan fingerprint density at radius 3 is 2.63 bits per heavy atom. The van der Waals surface area contributed by atoms with Gasteiger partial charge < -0.3 is 10.6 Å². The van der Waals surface area contributed by atoms with E-state index in [1.165, 1.54) is 0 Å². The number of nitrogens with one attached hydrogen (secondary N) is 2. The lowest BCUT2D eigenvalue weighted by molar-refractivity contribution is -0.131. The second kappa shape index (κ2) is 4.72. The van der Waals surface area contributed by atoms with Crippen LogP contribution in [0, 0.1) is 6.54 Å². The second-order valence-electron chi connectivity index (χ2n) is 4.60. The Morgan fingerprint density at radius 2 is 1.79 bits per heavy atom. The van der Waals surface area contributed by atoms with E-state index in [1.807, 2.05) is 42.5 Å². The van der Waals surface area contributed by atoms with Crippen molar-refractivity contribution in [3.05, 3.63) is 54.6 Å². The van der Waals surface area contributed by atoms with Crippen molar-refractivity contribution >= 4 is 22.6 Å². The van der Waals surface area contributed by atoms with Crippen LogP contribution in [0.3, 0.4) is 0 Å². The highest BCUT2D eigenvalue weighted by atomic mass is 16.2. The zero-order chi connectivity index (χ0) is 13.2. The summed E-state index contributed by atoms with van der Waals surface area (Å²) in [6, 6.07) is 13.6. The first-order chi connectivity index (χ1) is 9.22. The highest BCUT2D eigenvalue weighted by Gasteiger charge is 2.26. The van der Waals surface area contributed by atoms with Crippen LogP contribution in [0.15, 0.2) is 42.5 Å². The summed E-state index contributed by atoms with van der Waals surface area (Å²) in [5.74, 6) is -0.432. The molecule has 2 amide bonds. The van der Waals surface area contributed by atoms with E-state index in [9.17, 15) is 9.59 Å². The molecule has 0 saturated carbocycles. The lowest BCUT2D eigenvalue weighted by Crippen LogP contribution is -2.54. The fourth-order valence-electron chi connectivity index (χ4n) is 2.26. The Balaban J connectivity index is 1.84. The molecular weight excluding hydrogens is 240 g/mol. The molecule has 2 N–H and O–H groups in total. The third-order valence-electron chi connectivity index (χ3n) is 3.23. The maximum absolute atomic E-state index is 11.7. The van der Waals surface area contributed by atoms with Crippen LogP contribution in [0.25, 0.3) is 10.8 Å². The minimum Gasteiger partial charge on any atom is -0.342 e. The minimum atomic E-state index is -0.501. The quantitative estimate of drug-likeness (QED) is 0.843. The zero-order valence-corrected chi connectivity index (χ0v) is 10.2. The number of fused-ring (bicyclic) bond motifs is 1. The third kappa shape index (κ3) is 2.42. The Bertz CT molecular complexity index is 651. The lowest BCUT2D eigenvalue weighted by Gasteiger charge is -2.22. The summed E-state index contributed by atoms with van der Waals surface area (Å²) in [5.41, 5.74) is 1.03. The predicted octanol–water partition coefficient (Wildman–Crippen LogP) is 1.16. The molecule has 4 heteroatoms. The van der Waals surface area contributed by atoms with Crippen molar-refractivity contribution in [2.45, 2.75) is 12.5 Å². The van der Waals surface area contributed by atoms with Crippen molar-refractivity contribution in [3.8, 4) is 0 Å². The van der Waals surface area contributed by atoms with Gasteiger partial charge in [0.05, 0.1) is 0 Å². The normalized spacial score (nSPS) is 19.1. The van der Waals surface area contributed by atoms with Crippen LogP contribution in [-0.2, 0) is 16.0 Å². The van der Waals surface area contributed by atoms with E-state index < -0.39 is 6.04 Å². The summed E-state index contributed by atoms with van der Waals surface area (Å²) in [5, 5.41) is 7.42. The fraction of sp³-hybridized carbons (Fsp3) is 0.133. The largest absolute Gasteiger partial charge is 0.342 e. The molecule has 1 aliphatic rings. The lowest BCUT2D eigenvalue weighted by atomic mass is 10.0. The van der Waals surface area contributed by atoms with E-state index in [0.29, 0.717) is 6.42 Å². The van der Waals surface area contributed by atoms with Gasteiger partial charge in [0, 0.05) is 6.42 Å². The van der Waals surface area contributed by atoms with Crippen LogP contribution >= 0.6 is 0 Å². The number of hydrogen-bond donors (Lipinski definition) is 2. The maximum Gasteiger partial charge on any atom is 0.245 e. The molecule has 1 heterocycles. The standard InChI is InChI=1S/C15H13N2O2/c18-14-9-16-15(19)13(17-14)8-10-5-6-11-3-1-2-4-12(11)7-10/h1-7,9,13H,8H2,(H,16,19)(H,17,18). The van der Waals surface area contributed by atoms with Gasteiger partial charge in [0.25, 0.3) is 0 Å². The van der Waals surface area contributed by atoms with E-state index in [1.54, 1.807) is 0 Å². The molecule has 1 aliphatic heterocycles. The van der Waals surface area contributed by atoms with Crippen LogP contribution in [0.4, 0.5) is 0 Å². The molecule has 2 aromatic carbocycles. The highest BCUT2D eigenvalue weighted by Crippen LogP contribution is 2.17. The maximum atomic E-state index is 11.7. The Morgan fingerprint density at radius 1 is 1.00 bits per heavy atom. The average Bonchev–Trinajstić information content (AvgIpc) is 2.43. The summed E-state index contributed by atoms with van der Waals surface area (Å²) in [4.78, 5) is 22.9. The monoisotopic (exact) mass is 253 g/mol. The van der Waals surface area contributed by atoms with E-state index in [0.717, 1.165) is 22.9 Å². The Labute approximate surface area is 110 Å². The minimum absolute atomic E-state index is 0.173. The van der Waals surface area contributed by atoms with Crippen molar-refractivity contribution < 1.29 is 9.59 Å². The summed E-state index contributed by atoms with van der Waals surface area (Å²) < 4.78 is 0. The predicted molar refractivity (Wildman–Crippen MR) is 72.0 cm³/mol. The molecule has 0 aromatic heterocycles. The SMILES string of the molecule is O=C1[CH]NC(=O)C(Cc2ccc3ccccc3c2)N1. The van der Waals surface area contributed by atoms with Crippen molar-refractivity contribution in [1.29, 1.82) is 0 Å². The second-order valence-corrected chi connectivity index (χ2v) is 4.60. The van der Waals surface area contributed by atoms with Gasteiger partial charge in [0.15, 0.2) is 0 Å². The first kappa shape index (κ1) is 11.7. The summed E-state index contributed by atoms with van der Waals surface area (Å²) in [7, 11) is 0. The molecule has 2 aromatic rings. The molecular formula is C15H13N2O2. The first-order valence-electron chi connectivity index (χ1n) is 6.14. The van der Waals surface area contributed by atoms with Crippen molar-refractivity contribution in [3.63, 3.8) is 0 Å². The molecule has 95 valence electrons. The molecule has 0 spiro atoms. The summed E-state index contributed by atoms with van der Waals surface area (Å²) in [6.07, 6.45) is 0.496. The van der Waals surface area contributed by atoms with Crippen molar-refractivity contribution in [2.75, 3.05) is 0 Å². The number of carbonyl (C=O) groups excluding carboxylic acids is 2. The molecule has 0 bridgehead atoms. The first-order valence-corrected chi connectivity index (χ1v) is 6.14. The van der Waals surface area contributed by atoms with Crippen LogP contribution in [0.5, 0.6) is 0 Å². The topological polar surface area (TPSA) is 58.2 Å². The smallest absolute Gasteiger partial charge is 0.245 e. The Hall–Kier alpha value is -2.36. The number of benzene rings is 2. The number of amides is 2. The van der Waals surface area contributed by atoms with Crippen LogP contribution in [-0.4, -0.2) is 17.9 Å². The molecule has 1 fully saturated rings. The van der Waals surface area contributed by atoms with Crippen molar-refractivity contribution in [2.24, 2.45) is 0 Å². The third-order valence-corrected chi connectivity index (χ3v) is 3.23. The number of hydrogen-bond acceptors (Lipinski definition) is 2. The zero-order valence-electron chi connectivity index (χ0n) is 10.2. The van der Waals surface area contributed by atoms with Crippen LogP contribution in [0.1, 0.15) is 5.56 Å². The molecule has 1 radical (unpaired) electrons. The fourth-order valence-corrected chi connectivity index (χ4v) is 2.26. The van der Waals surface area contributed by atoms with Crippen molar-refractivity contribution in [1.82, 2.24) is 10.6 Å². The number of rotatable bonds is 2. The van der Waals surface area contributed by atoms with E-state index >= 15 is 0 Å². The van der Waals surface area contributed by atoms with Gasteiger partial charge in [-0.15, -0.1) is 0 Å². The Kier molecular flexibility index (Phi) is 2.91. The van der Waals surface area contributed by atoms with Gasteiger partial charge in [-0.1, -0.05) is 42.5 Å². The van der Waals surface area contributed by atoms with Crippen LogP contribution in [0.2, 0.25) is 0 Å². The van der Waals surface area contributed by atoms with Gasteiger partial charge in [-0.05, 0) is 16.3 Å². The summed E-state index contributed by atoms with van der Waals surface area (Å²) in [6.45, 7) is 1.15. The molecule has 1 saturated heterocycles.